The highest BCUT2D eigenvalue weighted by Gasteiger charge is 2.18. The summed E-state index contributed by atoms with van der Waals surface area (Å²) in [5, 5.41) is 9.68. The molecule has 0 spiro atoms. The summed E-state index contributed by atoms with van der Waals surface area (Å²) in [6.45, 7) is 3.16. The van der Waals surface area contributed by atoms with Gasteiger partial charge in [0.15, 0.2) is 6.61 Å². The molecule has 2 rings (SSSR count). The maximum Gasteiger partial charge on any atom is 0.338 e. The van der Waals surface area contributed by atoms with E-state index in [1.807, 2.05) is 17.5 Å². The first-order valence-electron chi connectivity index (χ1n) is 7.28. The molecule has 1 aromatic heterocycles. The molecule has 134 valence electrons. The number of carbonyl (C=O) groups is 2. The maximum atomic E-state index is 12.1. The highest BCUT2D eigenvalue weighted by atomic mass is 32.2. The molecule has 0 radical (unpaired) electrons. The van der Waals surface area contributed by atoms with E-state index in [-0.39, 0.29) is 10.5 Å². The number of ether oxygens (including phenoxy) is 1. The summed E-state index contributed by atoms with van der Waals surface area (Å²) in [5.74, 6) is -1.24. The minimum atomic E-state index is -3.96. The van der Waals surface area contributed by atoms with Gasteiger partial charge in [0.2, 0.25) is 10.0 Å². The number of primary sulfonamides is 1. The van der Waals surface area contributed by atoms with Crippen molar-refractivity contribution in [2.45, 2.75) is 25.3 Å². The van der Waals surface area contributed by atoms with Crippen molar-refractivity contribution in [1.82, 2.24) is 5.32 Å². The number of hydrogen-bond acceptors (Lipinski definition) is 6. The topological polar surface area (TPSA) is 116 Å². The first-order chi connectivity index (χ1) is 11.7. The molecule has 0 bridgehead atoms. The monoisotopic (exact) mass is 382 g/mol. The van der Waals surface area contributed by atoms with Crippen LogP contribution in [-0.2, 0) is 26.1 Å². The summed E-state index contributed by atoms with van der Waals surface area (Å²) >= 11 is 1.50. The van der Waals surface area contributed by atoms with Crippen LogP contribution in [0.15, 0.2) is 34.5 Å². The van der Waals surface area contributed by atoms with E-state index in [0.717, 1.165) is 10.9 Å². The van der Waals surface area contributed by atoms with Gasteiger partial charge < -0.3 is 10.1 Å². The second-order valence-electron chi connectivity index (χ2n) is 5.39. The van der Waals surface area contributed by atoms with Crippen LogP contribution < -0.4 is 10.5 Å². The Morgan fingerprint density at radius 2 is 2.00 bits per heavy atom. The number of amides is 1. The SMILES string of the molecule is Cc1cc(C(=O)OCC(=O)NCc2cccs2)cc(S(N)(=O)=O)c1C. The zero-order valence-corrected chi connectivity index (χ0v) is 15.4. The van der Waals surface area contributed by atoms with Gasteiger partial charge in [-0.3, -0.25) is 4.79 Å². The predicted molar refractivity (Wildman–Crippen MR) is 93.7 cm³/mol. The van der Waals surface area contributed by atoms with Crippen molar-refractivity contribution >= 4 is 33.2 Å². The normalized spacial score (nSPS) is 11.2. The van der Waals surface area contributed by atoms with Crippen LogP contribution in [0.4, 0.5) is 0 Å². The number of esters is 1. The number of rotatable bonds is 6. The fraction of sp³-hybridized carbons (Fsp3) is 0.250. The molecule has 0 aliphatic carbocycles. The van der Waals surface area contributed by atoms with E-state index in [9.17, 15) is 18.0 Å². The number of nitrogens with one attached hydrogen (secondary N) is 1. The summed E-state index contributed by atoms with van der Waals surface area (Å²) in [6, 6.07) is 6.40. The Morgan fingerprint density at radius 3 is 2.60 bits per heavy atom. The number of carbonyl (C=O) groups excluding carboxylic acids is 2. The van der Waals surface area contributed by atoms with Crippen LogP contribution in [0.5, 0.6) is 0 Å². The fourth-order valence-electron chi connectivity index (χ4n) is 2.10. The minimum absolute atomic E-state index is 0.0261. The van der Waals surface area contributed by atoms with Gasteiger partial charge in [-0.1, -0.05) is 6.07 Å². The number of thiophene rings is 1. The highest BCUT2D eigenvalue weighted by Crippen LogP contribution is 2.20. The number of benzene rings is 1. The van der Waals surface area contributed by atoms with Gasteiger partial charge in [-0.15, -0.1) is 11.3 Å². The van der Waals surface area contributed by atoms with E-state index in [0.29, 0.717) is 17.7 Å². The predicted octanol–water partition coefficient (Wildman–Crippen LogP) is 1.49. The molecule has 1 heterocycles. The Labute approximate surface area is 149 Å². The molecule has 25 heavy (non-hydrogen) atoms. The van der Waals surface area contributed by atoms with Gasteiger partial charge in [-0.05, 0) is 48.6 Å². The summed E-state index contributed by atoms with van der Waals surface area (Å²) in [6.07, 6.45) is 0. The molecule has 7 nitrogen and oxygen atoms in total. The molecular weight excluding hydrogens is 364 g/mol. The molecule has 0 saturated carbocycles. The number of hydrogen-bond donors (Lipinski definition) is 2. The summed E-state index contributed by atoms with van der Waals surface area (Å²) in [5.41, 5.74) is 1.08. The molecule has 9 heteroatoms. The first-order valence-corrected chi connectivity index (χ1v) is 9.71. The van der Waals surface area contributed by atoms with E-state index in [1.54, 1.807) is 13.8 Å². The van der Waals surface area contributed by atoms with Crippen LogP contribution in [-0.4, -0.2) is 26.9 Å². The zero-order valence-electron chi connectivity index (χ0n) is 13.7. The molecule has 2 aromatic rings. The van der Waals surface area contributed by atoms with Crippen molar-refractivity contribution in [2.24, 2.45) is 5.14 Å². The number of sulfonamides is 1. The van der Waals surface area contributed by atoms with E-state index >= 15 is 0 Å². The van der Waals surface area contributed by atoms with Crippen LogP contribution in [0.1, 0.15) is 26.4 Å². The zero-order chi connectivity index (χ0) is 18.6. The van der Waals surface area contributed by atoms with Gasteiger partial charge in [-0.2, -0.15) is 0 Å². The Balaban J connectivity index is 2.01. The van der Waals surface area contributed by atoms with Crippen molar-refractivity contribution in [1.29, 1.82) is 0 Å². The Kier molecular flexibility index (Phi) is 5.93. The third-order valence-electron chi connectivity index (χ3n) is 3.54. The van der Waals surface area contributed by atoms with Crippen LogP contribution in [0.25, 0.3) is 0 Å². The fourth-order valence-corrected chi connectivity index (χ4v) is 3.63. The molecule has 0 atom stereocenters. The molecule has 0 aliphatic rings. The average molecular weight is 382 g/mol. The Hall–Kier alpha value is -2.23. The molecule has 1 aromatic carbocycles. The first kappa shape index (κ1) is 19.1. The van der Waals surface area contributed by atoms with Crippen LogP contribution in [0.3, 0.4) is 0 Å². The average Bonchev–Trinajstić information content (AvgIpc) is 3.05. The third-order valence-corrected chi connectivity index (χ3v) is 5.45. The van der Waals surface area contributed by atoms with Crippen LogP contribution >= 0.6 is 11.3 Å². The summed E-state index contributed by atoms with van der Waals surface area (Å²) < 4.78 is 28.2. The van der Waals surface area contributed by atoms with Crippen molar-refractivity contribution < 1.29 is 22.7 Å². The summed E-state index contributed by atoms with van der Waals surface area (Å²) in [7, 11) is -3.96. The lowest BCUT2D eigenvalue weighted by Gasteiger charge is -2.10. The molecule has 0 unspecified atom stereocenters. The molecular formula is C16H18N2O5S2. The van der Waals surface area contributed by atoms with E-state index in [1.165, 1.54) is 17.4 Å². The molecule has 0 saturated heterocycles. The van der Waals surface area contributed by atoms with Crippen molar-refractivity contribution in [3.8, 4) is 0 Å². The number of nitrogens with two attached hydrogens (primary N) is 1. The van der Waals surface area contributed by atoms with Gasteiger partial charge in [0.25, 0.3) is 5.91 Å². The lowest BCUT2D eigenvalue weighted by Crippen LogP contribution is -2.28. The third kappa shape index (κ3) is 5.12. The van der Waals surface area contributed by atoms with Gasteiger partial charge in [-0.25, -0.2) is 18.4 Å². The van der Waals surface area contributed by atoms with Crippen LogP contribution in [0.2, 0.25) is 0 Å². The van der Waals surface area contributed by atoms with Gasteiger partial charge in [0.1, 0.15) is 0 Å². The smallest absolute Gasteiger partial charge is 0.338 e. The lowest BCUT2D eigenvalue weighted by molar-refractivity contribution is -0.124. The van der Waals surface area contributed by atoms with Crippen molar-refractivity contribution in [3.05, 3.63) is 51.2 Å². The largest absolute Gasteiger partial charge is 0.452 e. The molecule has 3 N–H and O–H groups in total. The quantitative estimate of drug-likeness (QED) is 0.734. The lowest BCUT2D eigenvalue weighted by atomic mass is 10.1. The minimum Gasteiger partial charge on any atom is -0.452 e. The molecule has 0 aliphatic heterocycles. The highest BCUT2D eigenvalue weighted by molar-refractivity contribution is 7.89. The number of aryl methyl sites for hydroxylation is 1. The van der Waals surface area contributed by atoms with E-state index in [2.05, 4.69) is 5.32 Å². The van der Waals surface area contributed by atoms with Crippen molar-refractivity contribution in [2.75, 3.05) is 6.61 Å². The van der Waals surface area contributed by atoms with Gasteiger partial charge in [0.05, 0.1) is 17.0 Å². The molecule has 1 amide bonds. The van der Waals surface area contributed by atoms with E-state index < -0.39 is 28.5 Å². The van der Waals surface area contributed by atoms with E-state index in [4.69, 9.17) is 9.88 Å². The molecule has 0 fully saturated rings. The van der Waals surface area contributed by atoms with Crippen molar-refractivity contribution in [3.63, 3.8) is 0 Å². The standard InChI is InChI=1S/C16H18N2O5S2/c1-10-6-12(7-14(11(10)2)25(17,21)22)16(20)23-9-15(19)18-8-13-4-3-5-24-13/h3-7H,8-9H2,1-2H3,(H,18,19)(H2,17,21,22). The Morgan fingerprint density at radius 1 is 1.28 bits per heavy atom. The van der Waals surface area contributed by atoms with Gasteiger partial charge >= 0.3 is 5.97 Å². The maximum absolute atomic E-state index is 12.1. The Bertz CT molecular complexity index is 889. The second-order valence-corrected chi connectivity index (χ2v) is 7.96. The summed E-state index contributed by atoms with van der Waals surface area (Å²) in [4.78, 5) is 24.7. The van der Waals surface area contributed by atoms with Crippen LogP contribution in [0, 0.1) is 13.8 Å². The van der Waals surface area contributed by atoms with Gasteiger partial charge in [0, 0.05) is 4.88 Å². The second kappa shape index (κ2) is 7.77.